The highest BCUT2D eigenvalue weighted by Crippen LogP contribution is 2.18. The van der Waals surface area contributed by atoms with Crippen molar-refractivity contribution in [2.75, 3.05) is 0 Å². The molecule has 20 heavy (non-hydrogen) atoms. The van der Waals surface area contributed by atoms with Crippen molar-refractivity contribution in [1.29, 1.82) is 0 Å². The number of esters is 1. The molecule has 0 amide bonds. The molecule has 2 aromatic carbocycles. The van der Waals surface area contributed by atoms with Gasteiger partial charge >= 0.3 is 5.97 Å². The molecule has 0 aliphatic heterocycles. The molecule has 2 nitrogen and oxygen atoms in total. The Hall–Kier alpha value is -2.01. The zero-order valence-electron chi connectivity index (χ0n) is 10.00. The highest BCUT2D eigenvalue weighted by Gasteiger charge is 2.16. The molecule has 0 aromatic heterocycles. The minimum absolute atomic E-state index is 0.154. The van der Waals surface area contributed by atoms with Gasteiger partial charge in [-0.15, -0.1) is 0 Å². The molecule has 0 bridgehead atoms. The Morgan fingerprint density at radius 3 is 2.30 bits per heavy atom. The molecule has 0 atom stereocenters. The predicted octanol–water partition coefficient (Wildman–Crippen LogP) is 4.11. The van der Waals surface area contributed by atoms with Gasteiger partial charge in [0.15, 0.2) is 17.5 Å². The zero-order valence-corrected chi connectivity index (χ0v) is 10.8. The van der Waals surface area contributed by atoms with Crippen LogP contribution in [0.5, 0.6) is 0 Å². The molecule has 104 valence electrons. The van der Waals surface area contributed by atoms with E-state index >= 15 is 0 Å². The molecular formula is C14H8ClF3O2. The van der Waals surface area contributed by atoms with E-state index < -0.39 is 29.0 Å². The quantitative estimate of drug-likeness (QED) is 0.630. The lowest BCUT2D eigenvalue weighted by atomic mass is 10.2. The number of rotatable bonds is 3. The molecule has 0 aliphatic carbocycles. The summed E-state index contributed by atoms with van der Waals surface area (Å²) in [5, 5.41) is 0.400. The van der Waals surface area contributed by atoms with Crippen LogP contribution in [0.15, 0.2) is 36.4 Å². The minimum Gasteiger partial charge on any atom is -0.457 e. The maximum atomic E-state index is 13.0. The van der Waals surface area contributed by atoms with Crippen LogP contribution in [0.2, 0.25) is 5.02 Å². The van der Waals surface area contributed by atoms with Gasteiger partial charge in [-0.25, -0.2) is 18.0 Å². The van der Waals surface area contributed by atoms with Crippen molar-refractivity contribution in [1.82, 2.24) is 0 Å². The van der Waals surface area contributed by atoms with Gasteiger partial charge in [0.05, 0.1) is 5.56 Å². The van der Waals surface area contributed by atoms with Crippen molar-refractivity contribution in [3.63, 3.8) is 0 Å². The monoisotopic (exact) mass is 300 g/mol. The Labute approximate surface area is 117 Å². The Morgan fingerprint density at radius 2 is 1.70 bits per heavy atom. The van der Waals surface area contributed by atoms with E-state index in [1.165, 1.54) is 0 Å². The van der Waals surface area contributed by atoms with Crippen LogP contribution in [0, 0.1) is 17.5 Å². The molecule has 2 aromatic rings. The summed E-state index contributed by atoms with van der Waals surface area (Å²) in [6, 6.07) is 7.81. The lowest BCUT2D eigenvalue weighted by Crippen LogP contribution is -2.07. The summed E-state index contributed by atoms with van der Waals surface area (Å²) in [6.07, 6.45) is 0. The smallest absolute Gasteiger partial charge is 0.338 e. The van der Waals surface area contributed by atoms with Crippen molar-refractivity contribution >= 4 is 17.6 Å². The molecule has 0 radical (unpaired) electrons. The zero-order chi connectivity index (χ0) is 14.7. The Balaban J connectivity index is 2.11. The van der Waals surface area contributed by atoms with Gasteiger partial charge < -0.3 is 4.74 Å². The number of ether oxygens (including phenoxy) is 1. The highest BCUT2D eigenvalue weighted by molar-refractivity contribution is 6.31. The van der Waals surface area contributed by atoms with E-state index in [2.05, 4.69) is 0 Å². The maximum absolute atomic E-state index is 13.0. The number of carbonyl (C=O) groups is 1. The van der Waals surface area contributed by atoms with Gasteiger partial charge in [-0.2, -0.15) is 0 Å². The second-order valence-corrected chi connectivity index (χ2v) is 4.33. The first-order valence-electron chi connectivity index (χ1n) is 5.54. The van der Waals surface area contributed by atoms with E-state index in [4.69, 9.17) is 16.3 Å². The van der Waals surface area contributed by atoms with Crippen molar-refractivity contribution in [3.8, 4) is 0 Å². The molecule has 0 saturated carbocycles. The third kappa shape index (κ3) is 3.11. The predicted molar refractivity (Wildman–Crippen MR) is 66.9 cm³/mol. The van der Waals surface area contributed by atoms with Gasteiger partial charge in [0.25, 0.3) is 0 Å². The first-order chi connectivity index (χ1) is 9.49. The molecule has 0 unspecified atom stereocenters. The van der Waals surface area contributed by atoms with Crippen molar-refractivity contribution in [2.24, 2.45) is 0 Å². The molecule has 0 saturated heterocycles. The molecule has 0 aliphatic rings. The van der Waals surface area contributed by atoms with E-state index in [1.807, 2.05) is 0 Å². The van der Waals surface area contributed by atoms with Crippen LogP contribution >= 0.6 is 11.6 Å². The van der Waals surface area contributed by atoms with E-state index in [1.54, 1.807) is 24.3 Å². The normalized spacial score (nSPS) is 10.4. The van der Waals surface area contributed by atoms with Crippen LogP contribution in [-0.4, -0.2) is 5.97 Å². The first kappa shape index (κ1) is 14.4. The summed E-state index contributed by atoms with van der Waals surface area (Å²) in [5.41, 5.74) is 0.138. The average Bonchev–Trinajstić information content (AvgIpc) is 2.43. The second kappa shape index (κ2) is 5.96. The summed E-state index contributed by atoms with van der Waals surface area (Å²) in [7, 11) is 0. The number of hydrogen-bond acceptors (Lipinski definition) is 2. The minimum atomic E-state index is -1.63. The lowest BCUT2D eigenvalue weighted by Gasteiger charge is -2.07. The molecule has 0 spiro atoms. The SMILES string of the molecule is O=C(OCc1ccccc1Cl)c1cc(F)c(F)c(F)c1. The number of carbonyl (C=O) groups excluding carboxylic acids is 1. The molecule has 0 fully saturated rings. The second-order valence-electron chi connectivity index (χ2n) is 3.92. The summed E-state index contributed by atoms with van der Waals surface area (Å²) in [5.74, 6) is -5.50. The molecule has 2 rings (SSSR count). The third-order valence-electron chi connectivity index (χ3n) is 2.54. The van der Waals surface area contributed by atoms with Crippen LogP contribution in [-0.2, 0) is 11.3 Å². The van der Waals surface area contributed by atoms with Crippen LogP contribution in [0.1, 0.15) is 15.9 Å². The maximum Gasteiger partial charge on any atom is 0.338 e. The fourth-order valence-electron chi connectivity index (χ4n) is 1.52. The fraction of sp³-hybridized carbons (Fsp3) is 0.0714. The number of benzene rings is 2. The van der Waals surface area contributed by atoms with Gasteiger partial charge in [0, 0.05) is 10.6 Å². The molecule has 6 heteroatoms. The van der Waals surface area contributed by atoms with E-state index in [-0.39, 0.29) is 6.61 Å². The van der Waals surface area contributed by atoms with E-state index in [0.29, 0.717) is 22.7 Å². The van der Waals surface area contributed by atoms with Gasteiger partial charge in [0.1, 0.15) is 6.61 Å². The van der Waals surface area contributed by atoms with Crippen LogP contribution in [0.25, 0.3) is 0 Å². The third-order valence-corrected chi connectivity index (χ3v) is 2.90. The number of halogens is 4. The van der Waals surface area contributed by atoms with Crippen molar-refractivity contribution in [3.05, 3.63) is 70.0 Å². The standard InChI is InChI=1S/C14H8ClF3O2/c15-10-4-2-1-3-8(10)7-20-14(19)9-5-11(16)13(18)12(17)6-9/h1-6H,7H2. The fourth-order valence-corrected chi connectivity index (χ4v) is 1.71. The van der Waals surface area contributed by atoms with Crippen LogP contribution in [0.4, 0.5) is 13.2 Å². The van der Waals surface area contributed by atoms with Crippen LogP contribution in [0.3, 0.4) is 0 Å². The van der Waals surface area contributed by atoms with Gasteiger partial charge in [-0.1, -0.05) is 29.8 Å². The summed E-state index contributed by atoms with van der Waals surface area (Å²) < 4.78 is 43.6. The Kier molecular flexibility index (Phi) is 4.29. The van der Waals surface area contributed by atoms with Gasteiger partial charge in [-0.3, -0.25) is 0 Å². The Bertz CT molecular complexity index is 636. The van der Waals surface area contributed by atoms with Gasteiger partial charge in [0.2, 0.25) is 0 Å². The van der Waals surface area contributed by atoms with Gasteiger partial charge in [-0.05, 0) is 18.2 Å². The lowest BCUT2D eigenvalue weighted by molar-refractivity contribution is 0.0471. The van der Waals surface area contributed by atoms with Crippen LogP contribution < -0.4 is 0 Å². The molecular weight excluding hydrogens is 293 g/mol. The van der Waals surface area contributed by atoms with Crippen molar-refractivity contribution < 1.29 is 22.7 Å². The summed E-state index contributed by atoms with van der Waals surface area (Å²) in [4.78, 5) is 11.6. The largest absolute Gasteiger partial charge is 0.457 e. The summed E-state index contributed by atoms with van der Waals surface area (Å²) in [6.45, 7) is -0.154. The number of hydrogen-bond donors (Lipinski definition) is 0. The molecule has 0 N–H and O–H groups in total. The first-order valence-corrected chi connectivity index (χ1v) is 5.92. The van der Waals surface area contributed by atoms with E-state index in [0.717, 1.165) is 0 Å². The summed E-state index contributed by atoms with van der Waals surface area (Å²) >= 11 is 5.86. The van der Waals surface area contributed by atoms with E-state index in [9.17, 15) is 18.0 Å². The average molecular weight is 301 g/mol. The van der Waals surface area contributed by atoms with Crippen molar-refractivity contribution in [2.45, 2.75) is 6.61 Å². The topological polar surface area (TPSA) is 26.3 Å². The highest BCUT2D eigenvalue weighted by atomic mass is 35.5. The Morgan fingerprint density at radius 1 is 1.10 bits per heavy atom. The molecule has 0 heterocycles.